The second-order valence-corrected chi connectivity index (χ2v) is 4.47. The fourth-order valence-electron chi connectivity index (χ4n) is 0.877. The number of hydrogen-bond donors (Lipinski definition) is 1. The maximum atomic E-state index is 9.00. The van der Waals surface area contributed by atoms with E-state index >= 15 is 0 Å². The van der Waals surface area contributed by atoms with Gasteiger partial charge in [0.05, 0.1) is 10.9 Å². The molecule has 1 aromatic carbocycles. The normalized spacial score (nSPS) is 15.9. The Morgan fingerprint density at radius 3 is 2.36 bits per heavy atom. The summed E-state index contributed by atoms with van der Waals surface area (Å²) in [6, 6.07) is 9.87. The number of aliphatic hydroxyl groups is 1. The van der Waals surface area contributed by atoms with Crippen molar-refractivity contribution >= 4 is 15.9 Å². The Bertz CT molecular complexity index is 218. The van der Waals surface area contributed by atoms with Gasteiger partial charge in [-0.15, -0.1) is 0 Å². The summed E-state index contributed by atoms with van der Waals surface area (Å²) in [5.41, 5.74) is 1.10. The van der Waals surface area contributed by atoms with Crippen LogP contribution < -0.4 is 0 Å². The number of alkyl halides is 1. The highest BCUT2D eigenvalue weighted by molar-refractivity contribution is 9.09. The van der Waals surface area contributed by atoms with Crippen molar-refractivity contribution in [3.05, 3.63) is 35.9 Å². The van der Waals surface area contributed by atoms with Gasteiger partial charge in [0.2, 0.25) is 0 Å². The molecule has 1 atom stereocenters. The highest BCUT2D eigenvalue weighted by Gasteiger charge is 2.20. The van der Waals surface area contributed by atoms with Gasteiger partial charge in [-0.1, -0.05) is 46.3 Å². The van der Waals surface area contributed by atoms with E-state index in [2.05, 4.69) is 15.9 Å². The van der Waals surface area contributed by atoms with E-state index in [0.29, 0.717) is 0 Å². The van der Waals surface area contributed by atoms with Gasteiger partial charge in [-0.2, -0.15) is 0 Å². The smallest absolute Gasteiger partial charge is 0.0708 e. The highest BCUT2D eigenvalue weighted by atomic mass is 79.9. The summed E-state index contributed by atoms with van der Waals surface area (Å²) in [6.45, 7) is 2.05. The molecule has 0 fully saturated rings. The fraction of sp³-hybridized carbons (Fsp3) is 0.333. The Balaban J connectivity index is 2.93. The van der Waals surface area contributed by atoms with Crippen molar-refractivity contribution in [2.45, 2.75) is 11.2 Å². The van der Waals surface area contributed by atoms with Crippen molar-refractivity contribution in [2.24, 2.45) is 0 Å². The summed E-state index contributed by atoms with van der Waals surface area (Å²) in [5.74, 6) is 0. The van der Waals surface area contributed by atoms with Crippen LogP contribution in [0.2, 0.25) is 0 Å². The fourth-order valence-corrected chi connectivity index (χ4v) is 1.14. The molecule has 1 rings (SSSR count). The van der Waals surface area contributed by atoms with E-state index in [9.17, 15) is 0 Å². The maximum absolute atomic E-state index is 9.00. The van der Waals surface area contributed by atoms with E-state index in [-0.39, 0.29) is 10.9 Å². The van der Waals surface area contributed by atoms with Gasteiger partial charge in [0.1, 0.15) is 0 Å². The van der Waals surface area contributed by atoms with Gasteiger partial charge < -0.3 is 5.11 Å². The van der Waals surface area contributed by atoms with E-state index in [0.717, 1.165) is 5.56 Å². The molecule has 0 saturated carbocycles. The van der Waals surface area contributed by atoms with E-state index < -0.39 is 0 Å². The molecule has 0 bridgehead atoms. The zero-order valence-corrected chi connectivity index (χ0v) is 8.01. The quantitative estimate of drug-likeness (QED) is 0.750. The van der Waals surface area contributed by atoms with Gasteiger partial charge in [0.15, 0.2) is 0 Å². The van der Waals surface area contributed by atoms with Crippen LogP contribution in [0.3, 0.4) is 0 Å². The van der Waals surface area contributed by atoms with Gasteiger partial charge in [-0.25, -0.2) is 0 Å². The molecule has 60 valence electrons. The van der Waals surface area contributed by atoms with E-state index in [1.165, 1.54) is 0 Å². The van der Waals surface area contributed by atoms with Crippen LogP contribution in [0.4, 0.5) is 0 Å². The van der Waals surface area contributed by atoms with E-state index in [4.69, 9.17) is 5.11 Å². The molecule has 0 aliphatic heterocycles. The van der Waals surface area contributed by atoms with Crippen molar-refractivity contribution in [2.75, 3.05) is 6.61 Å². The van der Waals surface area contributed by atoms with E-state index in [1.807, 2.05) is 37.3 Å². The molecular weight excluding hydrogens is 204 g/mol. The summed E-state index contributed by atoms with van der Waals surface area (Å²) in [7, 11) is 0. The van der Waals surface area contributed by atoms with Crippen LogP contribution in [0.1, 0.15) is 12.5 Å². The molecule has 0 spiro atoms. The lowest BCUT2D eigenvalue weighted by molar-refractivity contribution is 0.261. The minimum atomic E-state index is -0.297. The van der Waals surface area contributed by atoms with Crippen molar-refractivity contribution in [1.82, 2.24) is 0 Å². The molecule has 1 nitrogen and oxygen atoms in total. The van der Waals surface area contributed by atoms with Crippen LogP contribution in [0, 0.1) is 0 Å². The summed E-state index contributed by atoms with van der Waals surface area (Å²) >= 11 is 3.44. The molecule has 0 saturated heterocycles. The van der Waals surface area contributed by atoms with Gasteiger partial charge in [0, 0.05) is 0 Å². The first kappa shape index (κ1) is 8.75. The minimum absolute atomic E-state index is 0.108. The molecule has 0 aromatic heterocycles. The SMILES string of the molecule is CC(Br)(CO)c1ccccc1. The molecule has 2 heteroatoms. The Hall–Kier alpha value is -0.340. The molecule has 0 aliphatic carbocycles. The zero-order chi connectivity index (χ0) is 8.32. The summed E-state index contributed by atoms with van der Waals surface area (Å²) in [4.78, 5) is 0. The average Bonchev–Trinajstić information content (AvgIpc) is 2.06. The monoisotopic (exact) mass is 214 g/mol. The lowest BCUT2D eigenvalue weighted by atomic mass is 10.0. The zero-order valence-electron chi connectivity index (χ0n) is 6.42. The number of aliphatic hydroxyl groups excluding tert-OH is 1. The van der Waals surface area contributed by atoms with Gasteiger partial charge in [0.25, 0.3) is 0 Å². The molecule has 0 radical (unpaired) electrons. The minimum Gasteiger partial charge on any atom is -0.395 e. The maximum Gasteiger partial charge on any atom is 0.0708 e. The van der Waals surface area contributed by atoms with Crippen LogP contribution in [0.25, 0.3) is 0 Å². The highest BCUT2D eigenvalue weighted by Crippen LogP contribution is 2.29. The standard InChI is InChI=1S/C9H11BrO/c1-9(10,7-11)8-5-3-2-4-6-8/h2-6,11H,7H2,1H3. The van der Waals surface area contributed by atoms with Crippen molar-refractivity contribution in [3.63, 3.8) is 0 Å². The third-order valence-electron chi connectivity index (χ3n) is 1.67. The Morgan fingerprint density at radius 2 is 1.91 bits per heavy atom. The molecule has 0 amide bonds. The van der Waals surface area contributed by atoms with Gasteiger partial charge in [-0.3, -0.25) is 0 Å². The summed E-state index contributed by atoms with van der Waals surface area (Å²) < 4.78 is -0.297. The van der Waals surface area contributed by atoms with Crippen LogP contribution in [-0.2, 0) is 4.32 Å². The van der Waals surface area contributed by atoms with Crippen molar-refractivity contribution < 1.29 is 5.11 Å². The topological polar surface area (TPSA) is 20.2 Å². The van der Waals surface area contributed by atoms with Gasteiger partial charge in [-0.05, 0) is 12.5 Å². The Kier molecular flexibility index (Phi) is 2.68. The third kappa shape index (κ3) is 2.04. The molecule has 0 heterocycles. The number of hydrogen-bond acceptors (Lipinski definition) is 1. The molecule has 1 unspecified atom stereocenters. The third-order valence-corrected chi connectivity index (χ3v) is 2.38. The first-order valence-corrected chi connectivity index (χ1v) is 4.31. The molecule has 1 N–H and O–H groups in total. The molecular formula is C9H11BrO. The lowest BCUT2D eigenvalue weighted by Gasteiger charge is -2.19. The first-order valence-electron chi connectivity index (χ1n) is 3.52. The van der Waals surface area contributed by atoms with E-state index in [1.54, 1.807) is 0 Å². The Labute approximate surface area is 75.2 Å². The average molecular weight is 215 g/mol. The number of halogens is 1. The molecule has 1 aromatic rings. The first-order chi connectivity index (χ1) is 5.17. The summed E-state index contributed by atoms with van der Waals surface area (Å²) in [6.07, 6.45) is 0. The van der Waals surface area contributed by atoms with Crippen LogP contribution in [0.15, 0.2) is 30.3 Å². The lowest BCUT2D eigenvalue weighted by Crippen LogP contribution is -2.17. The predicted molar refractivity (Wildman–Crippen MR) is 49.8 cm³/mol. The Morgan fingerprint density at radius 1 is 1.36 bits per heavy atom. The second kappa shape index (κ2) is 3.37. The number of rotatable bonds is 2. The molecule has 0 aliphatic rings. The van der Waals surface area contributed by atoms with Crippen LogP contribution in [-0.4, -0.2) is 11.7 Å². The van der Waals surface area contributed by atoms with Crippen molar-refractivity contribution in [3.8, 4) is 0 Å². The largest absolute Gasteiger partial charge is 0.395 e. The second-order valence-electron chi connectivity index (χ2n) is 2.72. The predicted octanol–water partition coefficient (Wildman–Crippen LogP) is 2.29. The summed E-state index contributed by atoms with van der Waals surface area (Å²) in [5, 5.41) is 9.00. The molecule has 11 heavy (non-hydrogen) atoms. The van der Waals surface area contributed by atoms with Crippen molar-refractivity contribution in [1.29, 1.82) is 0 Å². The van der Waals surface area contributed by atoms with Crippen LogP contribution >= 0.6 is 15.9 Å². The van der Waals surface area contributed by atoms with Gasteiger partial charge >= 0.3 is 0 Å². The number of benzene rings is 1. The van der Waals surface area contributed by atoms with Crippen LogP contribution in [0.5, 0.6) is 0 Å².